The van der Waals surface area contributed by atoms with Gasteiger partial charge in [-0.25, -0.2) is 17.2 Å². The minimum Gasteiger partial charge on any atom is -0.490 e. The third-order valence-corrected chi connectivity index (χ3v) is 8.73. The lowest BCUT2D eigenvalue weighted by Gasteiger charge is -2.50. The molecule has 0 bridgehead atoms. The van der Waals surface area contributed by atoms with Crippen LogP contribution >= 0.6 is 0 Å². The number of aliphatic hydroxyl groups is 1. The zero-order valence-electron chi connectivity index (χ0n) is 17.6. The average molecular weight is 508 g/mol. The molecule has 4 rings (SSSR count). The van der Waals surface area contributed by atoms with E-state index >= 15 is 4.39 Å². The van der Waals surface area contributed by atoms with Crippen molar-refractivity contribution in [3.63, 3.8) is 0 Å². The quantitative estimate of drug-likeness (QED) is 0.599. The van der Waals surface area contributed by atoms with Gasteiger partial charge in [0.1, 0.15) is 16.3 Å². The molecule has 2 aliphatic rings. The first kappa shape index (κ1) is 24.7. The number of hydrogen-bond acceptors (Lipinski definition) is 6. The first-order chi connectivity index (χ1) is 16.0. The number of aliphatic hydroxyl groups excluding tert-OH is 1. The van der Waals surface area contributed by atoms with E-state index < -0.39 is 62.3 Å². The van der Waals surface area contributed by atoms with E-state index in [4.69, 9.17) is 9.47 Å². The zero-order valence-corrected chi connectivity index (χ0v) is 18.5. The fourth-order valence-corrected chi connectivity index (χ4v) is 7.07. The zero-order chi connectivity index (χ0) is 24.7. The highest BCUT2D eigenvalue weighted by Gasteiger charge is 2.61. The van der Waals surface area contributed by atoms with Gasteiger partial charge < -0.3 is 19.3 Å². The lowest BCUT2D eigenvalue weighted by atomic mass is 9.75. The van der Waals surface area contributed by atoms with Gasteiger partial charge in [0.2, 0.25) is 0 Å². The average Bonchev–Trinajstić information content (AvgIpc) is 2.79. The summed E-state index contributed by atoms with van der Waals surface area (Å²) in [4.78, 5) is -0.307. The molecule has 0 saturated carbocycles. The van der Waals surface area contributed by atoms with Crippen LogP contribution in [-0.4, -0.2) is 52.2 Å². The molecule has 0 aromatic heterocycles. The van der Waals surface area contributed by atoms with E-state index in [-0.39, 0.29) is 43.3 Å². The van der Waals surface area contributed by atoms with E-state index in [1.54, 1.807) is 0 Å². The summed E-state index contributed by atoms with van der Waals surface area (Å²) < 4.78 is 109. The van der Waals surface area contributed by atoms with Crippen LogP contribution in [0.2, 0.25) is 0 Å². The highest BCUT2D eigenvalue weighted by Crippen LogP contribution is 2.55. The molecule has 2 aromatic carbocycles. The van der Waals surface area contributed by atoms with Gasteiger partial charge in [0.25, 0.3) is 0 Å². The minimum atomic E-state index is -4.58. The second-order valence-electron chi connectivity index (χ2n) is 8.09. The van der Waals surface area contributed by atoms with E-state index in [1.807, 2.05) is 0 Å². The Balaban J connectivity index is 1.84. The molecule has 6 nitrogen and oxygen atoms in total. The van der Waals surface area contributed by atoms with Crippen LogP contribution in [0.5, 0.6) is 11.5 Å². The third-order valence-electron chi connectivity index (χ3n) is 6.17. The second kappa shape index (κ2) is 8.97. The number of benzene rings is 2. The highest BCUT2D eigenvalue weighted by molar-refractivity contribution is 7.92. The monoisotopic (exact) mass is 508 g/mol. The molecule has 1 fully saturated rings. The lowest BCUT2D eigenvalue weighted by Crippen LogP contribution is -2.57. The maximum Gasteiger partial charge on any atom is 0.422 e. The van der Waals surface area contributed by atoms with Crippen molar-refractivity contribution in [3.8, 4) is 11.5 Å². The summed E-state index contributed by atoms with van der Waals surface area (Å²) in [5.74, 6) is -3.59. The van der Waals surface area contributed by atoms with Crippen molar-refractivity contribution in [2.24, 2.45) is 5.92 Å². The van der Waals surface area contributed by atoms with Gasteiger partial charge in [-0.3, -0.25) is 0 Å². The summed E-state index contributed by atoms with van der Waals surface area (Å²) >= 11 is 0. The Labute approximate surface area is 192 Å². The summed E-state index contributed by atoms with van der Waals surface area (Å²) in [5.41, 5.74) is -0.451. The lowest BCUT2D eigenvalue weighted by molar-refractivity contribution is -0.153. The summed E-state index contributed by atoms with van der Waals surface area (Å²) in [6.45, 7) is -2.30. The van der Waals surface area contributed by atoms with Crippen LogP contribution in [0, 0.1) is 17.6 Å². The number of alkyl halides is 3. The Morgan fingerprint density at radius 3 is 2.41 bits per heavy atom. The van der Waals surface area contributed by atoms with Crippen LogP contribution in [-0.2, 0) is 19.3 Å². The van der Waals surface area contributed by atoms with Gasteiger partial charge in [0.15, 0.2) is 28.0 Å². The molecule has 1 unspecified atom stereocenters. The Morgan fingerprint density at radius 1 is 1.09 bits per heavy atom. The molecule has 0 spiro atoms. The number of fused-ring (bicyclic) bond motifs is 3. The number of halogens is 5. The van der Waals surface area contributed by atoms with Crippen molar-refractivity contribution in [1.29, 1.82) is 0 Å². The first-order valence-corrected chi connectivity index (χ1v) is 11.9. The van der Waals surface area contributed by atoms with E-state index in [9.17, 15) is 31.1 Å². The molecule has 34 heavy (non-hydrogen) atoms. The Hall–Kier alpha value is -2.44. The van der Waals surface area contributed by atoms with Crippen LogP contribution in [0.4, 0.5) is 22.0 Å². The maximum atomic E-state index is 15.2. The van der Waals surface area contributed by atoms with E-state index in [2.05, 4.69) is 4.74 Å². The Kier molecular flexibility index (Phi) is 6.51. The molecular weight excluding hydrogens is 487 g/mol. The summed E-state index contributed by atoms with van der Waals surface area (Å²) in [6, 6.07) is 5.92. The SMILES string of the molecule is O=S(=O)(c1ccc(OCC(F)(F)F)cc1)[C@@]12CCO[C@@H](CCO)C1COc1c(F)ccc(F)c12. The second-order valence-corrected chi connectivity index (χ2v) is 10.3. The molecule has 3 atom stereocenters. The Morgan fingerprint density at radius 2 is 1.76 bits per heavy atom. The molecular formula is C22H21F5O6S. The van der Waals surface area contributed by atoms with Crippen molar-refractivity contribution in [1.82, 2.24) is 0 Å². The molecule has 1 saturated heterocycles. The number of sulfone groups is 1. The van der Waals surface area contributed by atoms with Crippen molar-refractivity contribution in [2.75, 3.05) is 26.4 Å². The van der Waals surface area contributed by atoms with Crippen LogP contribution in [0.3, 0.4) is 0 Å². The van der Waals surface area contributed by atoms with Crippen LogP contribution in [0.25, 0.3) is 0 Å². The van der Waals surface area contributed by atoms with Crippen molar-refractivity contribution < 1.29 is 49.7 Å². The summed E-state index contributed by atoms with van der Waals surface area (Å²) in [6.07, 6.45) is -5.57. The van der Waals surface area contributed by atoms with Crippen LogP contribution in [0.1, 0.15) is 18.4 Å². The van der Waals surface area contributed by atoms with E-state index in [0.29, 0.717) is 0 Å². The molecule has 1 N–H and O–H groups in total. The molecule has 2 aromatic rings. The number of rotatable bonds is 6. The molecule has 0 amide bonds. The predicted octanol–water partition coefficient (Wildman–Crippen LogP) is 3.76. The fraction of sp³-hybridized carbons (Fsp3) is 0.455. The van der Waals surface area contributed by atoms with Gasteiger partial charge in [-0.2, -0.15) is 13.2 Å². The molecule has 0 radical (unpaired) electrons. The first-order valence-electron chi connectivity index (χ1n) is 10.4. The van der Waals surface area contributed by atoms with Gasteiger partial charge in [-0.05, 0) is 49.2 Å². The smallest absolute Gasteiger partial charge is 0.422 e. The van der Waals surface area contributed by atoms with Crippen molar-refractivity contribution >= 4 is 9.84 Å². The normalized spacial score (nSPS) is 24.6. The van der Waals surface area contributed by atoms with Crippen LogP contribution < -0.4 is 9.47 Å². The van der Waals surface area contributed by atoms with Gasteiger partial charge in [-0.15, -0.1) is 0 Å². The van der Waals surface area contributed by atoms with Gasteiger partial charge in [0.05, 0.1) is 23.2 Å². The molecule has 0 aliphatic carbocycles. The number of hydrogen-bond donors (Lipinski definition) is 1. The largest absolute Gasteiger partial charge is 0.490 e. The fourth-order valence-electron chi connectivity index (χ4n) is 4.73. The predicted molar refractivity (Wildman–Crippen MR) is 108 cm³/mol. The standard InChI is InChI=1S/C22H21F5O6S/c23-16-5-6-17(24)20-19(16)21(8-10-31-18(7-9-28)15(21)11-32-20)34(29,30)14-3-1-13(2-4-14)33-12-22(25,26)27/h1-6,15,18,28H,7-12H2/t15?,18-,21-/m0/s1. The van der Waals surface area contributed by atoms with E-state index in [1.165, 1.54) is 0 Å². The van der Waals surface area contributed by atoms with E-state index in [0.717, 1.165) is 36.4 Å². The summed E-state index contributed by atoms with van der Waals surface area (Å²) in [7, 11) is -4.47. The Bertz CT molecular complexity index is 1150. The summed E-state index contributed by atoms with van der Waals surface area (Å²) in [5, 5.41) is 9.45. The molecule has 186 valence electrons. The van der Waals surface area contributed by atoms with Crippen molar-refractivity contribution in [2.45, 2.75) is 34.8 Å². The van der Waals surface area contributed by atoms with Gasteiger partial charge in [-0.1, -0.05) is 0 Å². The molecule has 2 heterocycles. The van der Waals surface area contributed by atoms with Gasteiger partial charge >= 0.3 is 6.18 Å². The van der Waals surface area contributed by atoms with Crippen molar-refractivity contribution in [3.05, 3.63) is 53.6 Å². The van der Waals surface area contributed by atoms with Crippen LogP contribution in [0.15, 0.2) is 41.3 Å². The molecule has 12 heteroatoms. The van der Waals surface area contributed by atoms with Gasteiger partial charge in [0, 0.05) is 19.1 Å². The third kappa shape index (κ3) is 4.11. The number of ether oxygens (including phenoxy) is 3. The highest BCUT2D eigenvalue weighted by atomic mass is 32.2. The topological polar surface area (TPSA) is 82.1 Å². The maximum absolute atomic E-state index is 15.2. The minimum absolute atomic E-state index is 0.0434. The molecule has 2 aliphatic heterocycles.